The first kappa shape index (κ1) is 20.3. The summed E-state index contributed by atoms with van der Waals surface area (Å²) in [5.74, 6) is -0.480. The predicted molar refractivity (Wildman–Crippen MR) is 100 cm³/mol. The Morgan fingerprint density at radius 2 is 1.96 bits per heavy atom. The Balaban J connectivity index is 1.88. The number of carbonyl (C=O) groups is 3. The van der Waals surface area contributed by atoms with Crippen molar-refractivity contribution in [3.63, 3.8) is 0 Å². The molecule has 9 nitrogen and oxygen atoms in total. The van der Waals surface area contributed by atoms with Crippen molar-refractivity contribution >= 4 is 17.8 Å². The smallest absolute Gasteiger partial charge is 0.302 e. The molecule has 1 unspecified atom stereocenters. The van der Waals surface area contributed by atoms with Crippen LogP contribution in [0.4, 0.5) is 0 Å². The fourth-order valence-corrected chi connectivity index (χ4v) is 3.80. The summed E-state index contributed by atoms with van der Waals surface area (Å²) in [6, 6.07) is -1.30. The molecule has 1 aromatic rings. The molecule has 3 rings (SSSR count). The van der Waals surface area contributed by atoms with Crippen molar-refractivity contribution in [2.45, 2.75) is 71.1 Å². The minimum atomic E-state index is -0.682. The molecule has 2 fully saturated rings. The van der Waals surface area contributed by atoms with Gasteiger partial charge in [0.1, 0.15) is 18.2 Å². The minimum absolute atomic E-state index is 0.188. The van der Waals surface area contributed by atoms with Crippen LogP contribution >= 0.6 is 0 Å². The van der Waals surface area contributed by atoms with Crippen LogP contribution in [-0.4, -0.2) is 63.4 Å². The molecule has 0 radical (unpaired) electrons. The van der Waals surface area contributed by atoms with Crippen LogP contribution < -0.4 is 5.32 Å². The highest BCUT2D eigenvalue weighted by Gasteiger charge is 2.46. The van der Waals surface area contributed by atoms with E-state index in [0.717, 1.165) is 18.5 Å². The number of likely N-dealkylation sites (tertiary alicyclic amines) is 1. The van der Waals surface area contributed by atoms with Crippen LogP contribution in [0.25, 0.3) is 0 Å². The molecule has 2 heterocycles. The maximum absolute atomic E-state index is 13.6. The van der Waals surface area contributed by atoms with Gasteiger partial charge in [0.05, 0.1) is 12.2 Å². The first-order valence-corrected chi connectivity index (χ1v) is 9.72. The number of amides is 2. The van der Waals surface area contributed by atoms with Crippen LogP contribution in [0.15, 0.2) is 6.20 Å². The SMILES string of the molecule is CNC(=O)[C@@H]1C[C@@H](OC(C)=O)CN1C(=O)C(n1cc(C2CC2)nn1)C(C)(C)C. The van der Waals surface area contributed by atoms with Crippen molar-refractivity contribution in [2.24, 2.45) is 5.41 Å². The lowest BCUT2D eigenvalue weighted by Gasteiger charge is -2.34. The number of esters is 1. The standard InChI is InChI=1S/C19H29N5O4/c1-11(25)28-13-8-15(17(26)20-5)23(9-13)18(27)16(19(2,3)4)24-10-14(21-22-24)12-6-7-12/h10,12-13,15-16H,6-9H2,1-5H3,(H,20,26)/t13-,15+,16?/m1/s1. The first-order valence-electron chi connectivity index (χ1n) is 9.72. The molecule has 1 aromatic heterocycles. The van der Waals surface area contributed by atoms with E-state index in [2.05, 4.69) is 15.6 Å². The molecule has 3 atom stereocenters. The van der Waals surface area contributed by atoms with E-state index in [-0.39, 0.29) is 24.8 Å². The van der Waals surface area contributed by atoms with Gasteiger partial charge in [-0.1, -0.05) is 26.0 Å². The average molecular weight is 391 g/mol. The maximum Gasteiger partial charge on any atom is 0.302 e. The number of ether oxygens (including phenoxy) is 1. The third kappa shape index (κ3) is 4.18. The van der Waals surface area contributed by atoms with Crippen LogP contribution in [0.3, 0.4) is 0 Å². The number of carbonyl (C=O) groups excluding carboxylic acids is 3. The van der Waals surface area contributed by atoms with Crippen molar-refractivity contribution in [2.75, 3.05) is 13.6 Å². The second-order valence-electron chi connectivity index (χ2n) is 8.75. The summed E-state index contributed by atoms with van der Waals surface area (Å²) in [7, 11) is 1.53. The lowest BCUT2D eigenvalue weighted by Crippen LogP contribution is -2.49. The van der Waals surface area contributed by atoms with Gasteiger partial charge in [-0.3, -0.25) is 14.4 Å². The summed E-state index contributed by atoms with van der Waals surface area (Å²) in [5, 5.41) is 11.1. The molecular weight excluding hydrogens is 362 g/mol. The topological polar surface area (TPSA) is 106 Å². The van der Waals surface area contributed by atoms with Gasteiger partial charge in [-0.05, 0) is 18.3 Å². The fraction of sp³-hybridized carbons (Fsp3) is 0.737. The van der Waals surface area contributed by atoms with E-state index in [9.17, 15) is 14.4 Å². The van der Waals surface area contributed by atoms with E-state index >= 15 is 0 Å². The summed E-state index contributed by atoms with van der Waals surface area (Å²) in [4.78, 5) is 38.8. The number of aromatic nitrogens is 3. The zero-order valence-corrected chi connectivity index (χ0v) is 17.1. The molecule has 0 aromatic carbocycles. The maximum atomic E-state index is 13.6. The van der Waals surface area contributed by atoms with Gasteiger partial charge in [0.2, 0.25) is 11.8 Å². The number of nitrogens with one attached hydrogen (secondary N) is 1. The third-order valence-corrected chi connectivity index (χ3v) is 5.27. The summed E-state index contributed by atoms with van der Waals surface area (Å²) in [6.07, 6.45) is 3.83. The largest absolute Gasteiger partial charge is 0.461 e. The van der Waals surface area contributed by atoms with Crippen LogP contribution in [-0.2, 0) is 19.1 Å². The van der Waals surface area contributed by atoms with Crippen LogP contribution in [0, 0.1) is 5.41 Å². The van der Waals surface area contributed by atoms with Crippen LogP contribution in [0.5, 0.6) is 0 Å². The summed E-state index contributed by atoms with van der Waals surface area (Å²) in [6.45, 7) is 7.40. The van der Waals surface area contributed by atoms with E-state index in [1.807, 2.05) is 27.0 Å². The first-order chi connectivity index (χ1) is 13.1. The molecule has 0 spiro atoms. The second kappa shape index (κ2) is 7.52. The molecule has 2 aliphatic rings. The van der Waals surface area contributed by atoms with Gasteiger partial charge in [-0.25, -0.2) is 4.68 Å². The summed E-state index contributed by atoms with van der Waals surface area (Å²) >= 11 is 0. The molecule has 1 aliphatic heterocycles. The molecule has 1 saturated carbocycles. The number of rotatable bonds is 5. The molecule has 1 aliphatic carbocycles. The lowest BCUT2D eigenvalue weighted by molar-refractivity contribution is -0.147. The molecule has 154 valence electrons. The van der Waals surface area contributed by atoms with Crippen molar-refractivity contribution in [1.29, 1.82) is 0 Å². The zero-order chi connectivity index (χ0) is 20.6. The van der Waals surface area contributed by atoms with E-state index in [4.69, 9.17) is 4.74 Å². The lowest BCUT2D eigenvalue weighted by atomic mass is 9.85. The Morgan fingerprint density at radius 1 is 1.29 bits per heavy atom. The molecule has 9 heteroatoms. The Hall–Kier alpha value is -2.45. The average Bonchev–Trinajstić information content (AvgIpc) is 3.19. The van der Waals surface area contributed by atoms with Crippen LogP contribution in [0.1, 0.15) is 64.6 Å². The van der Waals surface area contributed by atoms with Gasteiger partial charge in [-0.2, -0.15) is 0 Å². The molecule has 0 bridgehead atoms. The number of likely N-dealkylation sites (N-methyl/N-ethyl adjacent to an activating group) is 1. The number of hydrogen-bond donors (Lipinski definition) is 1. The number of hydrogen-bond acceptors (Lipinski definition) is 6. The van der Waals surface area contributed by atoms with Gasteiger partial charge in [0.15, 0.2) is 0 Å². The van der Waals surface area contributed by atoms with E-state index in [0.29, 0.717) is 5.92 Å². The van der Waals surface area contributed by atoms with Crippen molar-refractivity contribution in [1.82, 2.24) is 25.2 Å². The van der Waals surface area contributed by atoms with E-state index < -0.39 is 29.6 Å². The second-order valence-corrected chi connectivity index (χ2v) is 8.75. The van der Waals surface area contributed by atoms with Crippen LogP contribution in [0.2, 0.25) is 0 Å². The van der Waals surface area contributed by atoms with Gasteiger partial charge < -0.3 is 15.0 Å². The normalized spacial score (nSPS) is 23.4. The highest BCUT2D eigenvalue weighted by atomic mass is 16.5. The van der Waals surface area contributed by atoms with Gasteiger partial charge in [-0.15, -0.1) is 5.10 Å². The Labute approximate surface area is 164 Å². The molecule has 1 N–H and O–H groups in total. The minimum Gasteiger partial charge on any atom is -0.461 e. The Kier molecular flexibility index (Phi) is 5.45. The zero-order valence-electron chi connectivity index (χ0n) is 17.1. The van der Waals surface area contributed by atoms with Gasteiger partial charge in [0.25, 0.3) is 0 Å². The van der Waals surface area contributed by atoms with Crippen molar-refractivity contribution < 1.29 is 19.1 Å². The highest BCUT2D eigenvalue weighted by Crippen LogP contribution is 2.40. The predicted octanol–water partition coefficient (Wildman–Crippen LogP) is 1.02. The highest BCUT2D eigenvalue weighted by molar-refractivity contribution is 5.90. The Bertz CT molecular complexity index is 765. The summed E-state index contributed by atoms with van der Waals surface area (Å²) < 4.78 is 6.90. The number of nitrogens with zero attached hydrogens (tertiary/aromatic N) is 4. The molecule has 28 heavy (non-hydrogen) atoms. The monoisotopic (exact) mass is 391 g/mol. The third-order valence-electron chi connectivity index (χ3n) is 5.27. The molecule has 2 amide bonds. The Morgan fingerprint density at radius 3 is 2.50 bits per heavy atom. The quantitative estimate of drug-likeness (QED) is 0.751. The fourth-order valence-electron chi connectivity index (χ4n) is 3.80. The summed E-state index contributed by atoms with van der Waals surface area (Å²) in [5.41, 5.74) is 0.461. The van der Waals surface area contributed by atoms with Crippen molar-refractivity contribution in [3.05, 3.63) is 11.9 Å². The van der Waals surface area contributed by atoms with E-state index in [1.54, 1.807) is 4.68 Å². The van der Waals surface area contributed by atoms with Crippen molar-refractivity contribution in [3.8, 4) is 0 Å². The van der Waals surface area contributed by atoms with Gasteiger partial charge >= 0.3 is 5.97 Å². The molecular formula is C19H29N5O4. The van der Waals surface area contributed by atoms with Gasteiger partial charge in [0, 0.05) is 32.5 Å². The molecule has 1 saturated heterocycles. The van der Waals surface area contributed by atoms with E-state index in [1.165, 1.54) is 18.9 Å².